The Morgan fingerprint density at radius 2 is 1.44 bits per heavy atom. The Morgan fingerprint density at radius 3 is 2.07 bits per heavy atom. The van der Waals surface area contributed by atoms with Crippen molar-refractivity contribution in [2.24, 2.45) is 0 Å². The van der Waals surface area contributed by atoms with Gasteiger partial charge in [-0.3, -0.25) is 4.79 Å². The normalized spacial score (nSPS) is 15.6. The van der Waals surface area contributed by atoms with Gasteiger partial charge in [0.1, 0.15) is 0 Å². The van der Waals surface area contributed by atoms with E-state index in [0.29, 0.717) is 6.42 Å². The van der Waals surface area contributed by atoms with E-state index in [2.05, 4.69) is 48.5 Å². The summed E-state index contributed by atoms with van der Waals surface area (Å²) in [5.74, 6) is 0.286. The highest BCUT2D eigenvalue weighted by Crippen LogP contribution is 2.36. The molecule has 2 nitrogen and oxygen atoms in total. The lowest BCUT2D eigenvalue weighted by molar-refractivity contribution is -0.132. The lowest BCUT2D eigenvalue weighted by Gasteiger charge is -2.28. The molecule has 3 aromatic rings. The van der Waals surface area contributed by atoms with Crippen molar-refractivity contribution < 1.29 is 4.79 Å². The summed E-state index contributed by atoms with van der Waals surface area (Å²) in [4.78, 5) is 15.2. The van der Waals surface area contributed by atoms with Gasteiger partial charge in [-0.15, -0.1) is 0 Å². The highest BCUT2D eigenvalue weighted by atomic mass is 16.2. The van der Waals surface area contributed by atoms with E-state index in [0.717, 1.165) is 12.8 Å². The zero-order valence-electron chi connectivity index (χ0n) is 15.7. The fourth-order valence-corrected chi connectivity index (χ4v) is 4.23. The molecule has 1 aliphatic carbocycles. The summed E-state index contributed by atoms with van der Waals surface area (Å²) in [7, 11) is 1.96. The molecule has 1 amide bonds. The second kappa shape index (κ2) is 7.79. The highest BCUT2D eigenvalue weighted by Gasteiger charge is 2.29. The zero-order valence-corrected chi connectivity index (χ0v) is 15.7. The Labute approximate surface area is 161 Å². The van der Waals surface area contributed by atoms with Gasteiger partial charge in [0, 0.05) is 19.4 Å². The number of aryl methyl sites for hydroxylation is 1. The Hall–Kier alpha value is -2.87. The number of hydrogen-bond donors (Lipinski definition) is 0. The molecule has 0 N–H and O–H groups in total. The molecule has 0 aromatic heterocycles. The number of carbonyl (C=O) groups excluding carboxylic acids is 1. The first-order valence-corrected chi connectivity index (χ1v) is 9.67. The molecule has 0 saturated carbocycles. The van der Waals surface area contributed by atoms with Gasteiger partial charge >= 0.3 is 0 Å². The first kappa shape index (κ1) is 17.5. The van der Waals surface area contributed by atoms with Crippen molar-refractivity contribution in [1.82, 2.24) is 4.90 Å². The third kappa shape index (κ3) is 3.66. The average molecular weight is 355 g/mol. The predicted molar refractivity (Wildman–Crippen MR) is 110 cm³/mol. The van der Waals surface area contributed by atoms with Gasteiger partial charge < -0.3 is 4.90 Å². The largest absolute Gasteiger partial charge is 0.339 e. The van der Waals surface area contributed by atoms with Gasteiger partial charge in [-0.05, 0) is 35.1 Å². The second-order valence-electron chi connectivity index (χ2n) is 7.34. The van der Waals surface area contributed by atoms with Crippen molar-refractivity contribution in [3.05, 3.63) is 107 Å². The summed E-state index contributed by atoms with van der Waals surface area (Å²) in [5, 5.41) is 0. The molecule has 2 heteroatoms. The van der Waals surface area contributed by atoms with E-state index >= 15 is 0 Å². The lowest BCUT2D eigenvalue weighted by atomic mass is 9.88. The molecular weight excluding hydrogens is 330 g/mol. The van der Waals surface area contributed by atoms with E-state index in [1.165, 1.54) is 22.3 Å². The van der Waals surface area contributed by atoms with Crippen molar-refractivity contribution in [3.8, 4) is 0 Å². The van der Waals surface area contributed by atoms with Crippen molar-refractivity contribution in [2.45, 2.75) is 31.2 Å². The van der Waals surface area contributed by atoms with E-state index in [9.17, 15) is 4.79 Å². The fourth-order valence-electron chi connectivity index (χ4n) is 4.23. The summed E-state index contributed by atoms with van der Waals surface area (Å²) < 4.78 is 0. The number of hydrogen-bond acceptors (Lipinski definition) is 1. The summed E-state index contributed by atoms with van der Waals surface area (Å²) in [6.07, 6.45) is 2.56. The Kier molecular flexibility index (Phi) is 5.06. The van der Waals surface area contributed by atoms with Crippen LogP contribution in [0, 0.1) is 0 Å². The van der Waals surface area contributed by atoms with Crippen LogP contribution in [-0.2, 0) is 11.2 Å². The van der Waals surface area contributed by atoms with Crippen LogP contribution in [0.4, 0.5) is 0 Å². The highest BCUT2D eigenvalue weighted by molar-refractivity contribution is 5.78. The number of amides is 1. The molecule has 0 spiro atoms. The lowest BCUT2D eigenvalue weighted by Crippen LogP contribution is -2.31. The molecule has 0 bridgehead atoms. The van der Waals surface area contributed by atoms with Crippen molar-refractivity contribution in [3.63, 3.8) is 0 Å². The maximum Gasteiger partial charge on any atom is 0.223 e. The van der Waals surface area contributed by atoms with Crippen LogP contribution < -0.4 is 0 Å². The topological polar surface area (TPSA) is 20.3 Å². The minimum absolute atomic E-state index is 0.0824. The van der Waals surface area contributed by atoms with Crippen LogP contribution in [0.15, 0.2) is 84.9 Å². The number of benzene rings is 3. The Bertz CT molecular complexity index is 864. The van der Waals surface area contributed by atoms with Crippen LogP contribution in [-0.4, -0.2) is 17.9 Å². The summed E-state index contributed by atoms with van der Waals surface area (Å²) in [6.45, 7) is 0. The van der Waals surface area contributed by atoms with Gasteiger partial charge in [-0.25, -0.2) is 0 Å². The number of carbonyl (C=O) groups is 1. The maximum absolute atomic E-state index is 13.2. The van der Waals surface area contributed by atoms with Gasteiger partial charge in [-0.2, -0.15) is 0 Å². The minimum Gasteiger partial charge on any atom is -0.339 e. The van der Waals surface area contributed by atoms with Crippen molar-refractivity contribution in [1.29, 1.82) is 0 Å². The molecule has 0 radical (unpaired) electrons. The average Bonchev–Trinajstić information content (AvgIpc) is 3.16. The monoisotopic (exact) mass is 355 g/mol. The van der Waals surface area contributed by atoms with Gasteiger partial charge in [0.2, 0.25) is 5.91 Å². The van der Waals surface area contributed by atoms with E-state index in [1.807, 2.05) is 48.3 Å². The maximum atomic E-state index is 13.2. The first-order valence-electron chi connectivity index (χ1n) is 9.67. The van der Waals surface area contributed by atoms with Crippen LogP contribution in [0.1, 0.15) is 47.1 Å². The Morgan fingerprint density at radius 1 is 0.889 bits per heavy atom. The molecule has 1 unspecified atom stereocenters. The fraction of sp³-hybridized carbons (Fsp3) is 0.240. The molecule has 3 aromatic carbocycles. The molecule has 0 aliphatic heterocycles. The third-order valence-electron chi connectivity index (χ3n) is 5.74. The van der Waals surface area contributed by atoms with Gasteiger partial charge in [0.05, 0.1) is 6.04 Å². The van der Waals surface area contributed by atoms with E-state index in [4.69, 9.17) is 0 Å². The first-order chi connectivity index (χ1) is 13.2. The van der Waals surface area contributed by atoms with Crippen LogP contribution in [0.25, 0.3) is 0 Å². The molecule has 1 aliphatic rings. The van der Waals surface area contributed by atoms with Crippen molar-refractivity contribution >= 4 is 5.91 Å². The molecule has 27 heavy (non-hydrogen) atoms. The summed E-state index contributed by atoms with van der Waals surface area (Å²) >= 11 is 0. The minimum atomic E-state index is 0.0824. The van der Waals surface area contributed by atoms with Gasteiger partial charge in [-0.1, -0.05) is 84.9 Å². The molecule has 0 saturated heterocycles. The second-order valence-corrected chi connectivity index (χ2v) is 7.34. The standard InChI is InChI=1S/C25H25NO/c1-26(24-17-16-21-14-8-9-15-22(21)24)25(27)18-23(19-10-4-2-5-11-19)20-12-6-3-7-13-20/h2-15,23-24H,16-18H2,1H3. The molecule has 1 atom stereocenters. The SMILES string of the molecule is CN(C(=O)CC(c1ccccc1)c1ccccc1)C1CCc2ccccc21. The van der Waals surface area contributed by atoms with Crippen LogP contribution in [0.2, 0.25) is 0 Å². The number of rotatable bonds is 5. The van der Waals surface area contributed by atoms with Gasteiger partial charge in [0.15, 0.2) is 0 Å². The molecule has 0 heterocycles. The van der Waals surface area contributed by atoms with Crippen LogP contribution in [0.5, 0.6) is 0 Å². The molecule has 0 fully saturated rings. The zero-order chi connectivity index (χ0) is 18.6. The van der Waals surface area contributed by atoms with E-state index in [-0.39, 0.29) is 17.9 Å². The molecule has 136 valence electrons. The molecule has 4 rings (SSSR count). The van der Waals surface area contributed by atoms with Gasteiger partial charge in [0.25, 0.3) is 0 Å². The van der Waals surface area contributed by atoms with Crippen LogP contribution in [0.3, 0.4) is 0 Å². The summed E-state index contributed by atoms with van der Waals surface area (Å²) in [6, 6.07) is 29.4. The summed E-state index contributed by atoms with van der Waals surface area (Å²) in [5.41, 5.74) is 5.07. The Balaban J connectivity index is 1.57. The van der Waals surface area contributed by atoms with E-state index < -0.39 is 0 Å². The van der Waals surface area contributed by atoms with E-state index in [1.54, 1.807) is 0 Å². The van der Waals surface area contributed by atoms with Crippen molar-refractivity contribution in [2.75, 3.05) is 7.05 Å². The quantitative estimate of drug-likeness (QED) is 0.604. The third-order valence-corrected chi connectivity index (χ3v) is 5.74. The van der Waals surface area contributed by atoms with Crippen LogP contribution >= 0.6 is 0 Å². The number of fused-ring (bicyclic) bond motifs is 1. The smallest absolute Gasteiger partial charge is 0.223 e. The predicted octanol–water partition coefficient (Wildman–Crippen LogP) is 5.35. The molecular formula is C25H25NO. The number of nitrogens with zero attached hydrogens (tertiary/aromatic N) is 1.